The number of nitrogens with zero attached hydrogens (tertiary/aromatic N) is 3. The molecule has 1 aromatic heterocycles. The van der Waals surface area contributed by atoms with Gasteiger partial charge in [0.15, 0.2) is 0 Å². The first-order valence-electron chi connectivity index (χ1n) is 9.05. The molecule has 0 aliphatic carbocycles. The Hall–Kier alpha value is -1.61. The number of pyridine rings is 1. The third kappa shape index (κ3) is 5.44. The van der Waals surface area contributed by atoms with E-state index >= 15 is 0 Å². The summed E-state index contributed by atoms with van der Waals surface area (Å²) < 4.78 is 27.0. The van der Waals surface area contributed by atoms with Crippen molar-refractivity contribution in [3.63, 3.8) is 0 Å². The van der Waals surface area contributed by atoms with Crippen molar-refractivity contribution in [1.29, 1.82) is 0 Å². The maximum absolute atomic E-state index is 12.7. The smallest absolute Gasteiger partial charge is 0.244 e. The predicted octanol–water partition coefficient (Wildman–Crippen LogP) is 2.61. The first kappa shape index (κ1) is 20.1. The normalized spacial score (nSPS) is 17.6. The van der Waals surface area contributed by atoms with Crippen LogP contribution in [0, 0.1) is 0 Å². The molecule has 1 saturated heterocycles. The molecule has 3 rings (SSSR count). The van der Waals surface area contributed by atoms with Crippen LogP contribution in [0.15, 0.2) is 58.5 Å². The third-order valence-corrected chi connectivity index (χ3v) is 7.48. The predicted molar refractivity (Wildman–Crippen MR) is 111 cm³/mol. The van der Waals surface area contributed by atoms with Crippen molar-refractivity contribution < 1.29 is 8.42 Å². The summed E-state index contributed by atoms with van der Waals surface area (Å²) >= 11 is 1.79. The fraction of sp³-hybridized carbons (Fsp3) is 0.421. The minimum absolute atomic E-state index is 0.254. The minimum atomic E-state index is -3.46. The lowest BCUT2D eigenvalue weighted by molar-refractivity contribution is 0.222. The van der Waals surface area contributed by atoms with Gasteiger partial charge in [-0.3, -0.25) is 0 Å². The molecule has 8 heteroatoms. The lowest BCUT2D eigenvalue weighted by Gasteiger charge is -2.31. The summed E-state index contributed by atoms with van der Waals surface area (Å²) in [6, 6.07) is 13.6. The van der Waals surface area contributed by atoms with E-state index in [1.54, 1.807) is 23.9 Å². The molecule has 0 saturated carbocycles. The van der Waals surface area contributed by atoms with Crippen LogP contribution in [-0.2, 0) is 10.0 Å². The molecular weight excluding hydrogens is 380 g/mol. The topological polar surface area (TPSA) is 65.5 Å². The monoisotopic (exact) mass is 406 g/mol. The number of aromatic nitrogens is 1. The van der Waals surface area contributed by atoms with Gasteiger partial charge in [0, 0.05) is 49.1 Å². The molecule has 146 valence electrons. The van der Waals surface area contributed by atoms with Crippen LogP contribution in [0.5, 0.6) is 0 Å². The number of hydrogen-bond donors (Lipinski definition) is 1. The Morgan fingerprint density at radius 3 is 2.44 bits per heavy atom. The molecule has 27 heavy (non-hydrogen) atoms. The van der Waals surface area contributed by atoms with Crippen LogP contribution in [-0.4, -0.2) is 67.6 Å². The molecule has 0 spiro atoms. The molecule has 1 unspecified atom stereocenters. The maximum Gasteiger partial charge on any atom is 0.244 e. The van der Waals surface area contributed by atoms with E-state index in [4.69, 9.17) is 0 Å². The minimum Gasteiger partial charge on any atom is -0.369 e. The summed E-state index contributed by atoms with van der Waals surface area (Å²) in [5.74, 6) is 0.688. The molecule has 0 radical (unpaired) electrons. The largest absolute Gasteiger partial charge is 0.369 e. The zero-order valence-electron chi connectivity index (χ0n) is 15.7. The van der Waals surface area contributed by atoms with Crippen LogP contribution in [0.25, 0.3) is 0 Å². The van der Waals surface area contributed by atoms with E-state index in [2.05, 4.69) is 34.3 Å². The SMILES string of the molecule is CC(CNc1ccc(S(=O)(=O)N2CCN(C)CC2)cn1)Sc1ccccc1. The molecule has 2 aromatic rings. The lowest BCUT2D eigenvalue weighted by atomic mass is 10.4. The Labute approximate surface area is 166 Å². The van der Waals surface area contributed by atoms with Crippen molar-refractivity contribution in [2.45, 2.75) is 22.0 Å². The number of rotatable bonds is 7. The average Bonchev–Trinajstić information content (AvgIpc) is 2.68. The summed E-state index contributed by atoms with van der Waals surface area (Å²) in [7, 11) is -1.46. The van der Waals surface area contributed by atoms with Gasteiger partial charge in [0.05, 0.1) is 0 Å². The van der Waals surface area contributed by atoms with Gasteiger partial charge >= 0.3 is 0 Å². The standard InChI is InChI=1S/C19H26N4O2S2/c1-16(26-17-6-4-3-5-7-17)14-20-19-9-8-18(15-21-19)27(24,25)23-12-10-22(2)11-13-23/h3-9,15-16H,10-14H2,1-2H3,(H,20,21). The molecular formula is C19H26N4O2S2. The van der Waals surface area contributed by atoms with E-state index in [1.165, 1.54) is 15.4 Å². The van der Waals surface area contributed by atoms with E-state index in [0.29, 0.717) is 24.2 Å². The maximum atomic E-state index is 12.7. The van der Waals surface area contributed by atoms with Gasteiger partial charge in [0.25, 0.3) is 0 Å². The van der Waals surface area contributed by atoms with Gasteiger partial charge in [-0.25, -0.2) is 13.4 Å². The highest BCUT2D eigenvalue weighted by atomic mass is 32.2. The molecule has 1 aromatic carbocycles. The quantitative estimate of drug-likeness (QED) is 0.713. The first-order chi connectivity index (χ1) is 12.9. The van der Waals surface area contributed by atoms with Gasteiger partial charge in [-0.15, -0.1) is 11.8 Å². The molecule has 6 nitrogen and oxygen atoms in total. The van der Waals surface area contributed by atoms with E-state index in [9.17, 15) is 8.42 Å². The molecule has 1 N–H and O–H groups in total. The van der Waals surface area contributed by atoms with Crippen molar-refractivity contribution in [3.05, 3.63) is 48.7 Å². The van der Waals surface area contributed by atoms with Crippen LogP contribution in [0.1, 0.15) is 6.92 Å². The third-order valence-electron chi connectivity index (χ3n) is 4.49. The van der Waals surface area contributed by atoms with Crippen LogP contribution >= 0.6 is 11.8 Å². The lowest BCUT2D eigenvalue weighted by Crippen LogP contribution is -2.47. The second kappa shape index (κ2) is 9.05. The van der Waals surface area contributed by atoms with E-state index < -0.39 is 10.0 Å². The van der Waals surface area contributed by atoms with Gasteiger partial charge in [-0.1, -0.05) is 25.1 Å². The highest BCUT2D eigenvalue weighted by Crippen LogP contribution is 2.23. The molecule has 1 fully saturated rings. The summed E-state index contributed by atoms with van der Waals surface area (Å²) in [5.41, 5.74) is 0. The zero-order valence-corrected chi connectivity index (χ0v) is 17.3. The number of sulfonamides is 1. The molecule has 0 amide bonds. The van der Waals surface area contributed by atoms with Gasteiger partial charge in [0.1, 0.15) is 10.7 Å². The second-order valence-corrected chi connectivity index (χ2v) is 10.2. The van der Waals surface area contributed by atoms with Gasteiger partial charge in [-0.2, -0.15) is 4.31 Å². The molecule has 1 atom stereocenters. The van der Waals surface area contributed by atoms with E-state index in [-0.39, 0.29) is 4.90 Å². The summed E-state index contributed by atoms with van der Waals surface area (Å²) in [4.78, 5) is 7.91. The van der Waals surface area contributed by atoms with Crippen LogP contribution in [0.3, 0.4) is 0 Å². The Morgan fingerprint density at radius 2 is 1.81 bits per heavy atom. The number of thioether (sulfide) groups is 1. The Kier molecular flexibility index (Phi) is 6.75. The molecule has 2 heterocycles. The number of hydrogen-bond acceptors (Lipinski definition) is 6. The van der Waals surface area contributed by atoms with E-state index in [1.807, 2.05) is 25.2 Å². The van der Waals surface area contributed by atoms with Crippen molar-refractivity contribution >= 4 is 27.6 Å². The van der Waals surface area contributed by atoms with Gasteiger partial charge in [-0.05, 0) is 31.3 Å². The Morgan fingerprint density at radius 1 is 1.11 bits per heavy atom. The Bertz CT molecular complexity index is 821. The summed E-state index contributed by atoms with van der Waals surface area (Å²) in [6.07, 6.45) is 1.45. The highest BCUT2D eigenvalue weighted by molar-refractivity contribution is 8.00. The van der Waals surface area contributed by atoms with Gasteiger partial charge < -0.3 is 10.2 Å². The van der Waals surface area contributed by atoms with Crippen molar-refractivity contribution in [2.75, 3.05) is 45.1 Å². The van der Waals surface area contributed by atoms with Crippen LogP contribution in [0.4, 0.5) is 5.82 Å². The zero-order chi connectivity index (χ0) is 19.3. The summed E-state index contributed by atoms with van der Waals surface area (Å²) in [5, 5.41) is 3.65. The second-order valence-electron chi connectivity index (χ2n) is 6.71. The Balaban J connectivity index is 1.55. The molecule has 0 bridgehead atoms. The number of piperazine rings is 1. The average molecular weight is 407 g/mol. The number of anilines is 1. The first-order valence-corrected chi connectivity index (χ1v) is 11.4. The van der Waals surface area contributed by atoms with E-state index in [0.717, 1.165) is 19.6 Å². The fourth-order valence-corrected chi connectivity index (χ4v) is 5.15. The fourth-order valence-electron chi connectivity index (χ4n) is 2.84. The van der Waals surface area contributed by atoms with Crippen LogP contribution < -0.4 is 5.32 Å². The van der Waals surface area contributed by atoms with Crippen molar-refractivity contribution in [3.8, 4) is 0 Å². The number of likely N-dealkylation sites (N-methyl/N-ethyl adjacent to an activating group) is 1. The summed E-state index contributed by atoms with van der Waals surface area (Å²) in [6.45, 7) is 5.45. The van der Waals surface area contributed by atoms with Crippen molar-refractivity contribution in [1.82, 2.24) is 14.2 Å². The molecule has 1 aliphatic heterocycles. The van der Waals surface area contributed by atoms with Gasteiger partial charge in [0.2, 0.25) is 10.0 Å². The highest BCUT2D eigenvalue weighted by Gasteiger charge is 2.27. The number of benzene rings is 1. The van der Waals surface area contributed by atoms with Crippen LogP contribution in [0.2, 0.25) is 0 Å². The van der Waals surface area contributed by atoms with Crippen molar-refractivity contribution in [2.24, 2.45) is 0 Å². The molecule has 1 aliphatic rings. The number of nitrogens with one attached hydrogen (secondary N) is 1.